The van der Waals surface area contributed by atoms with Crippen molar-refractivity contribution in [2.75, 3.05) is 13.2 Å². The second-order valence-corrected chi connectivity index (χ2v) is 20.6. The van der Waals surface area contributed by atoms with Crippen molar-refractivity contribution >= 4 is 33.4 Å². The van der Waals surface area contributed by atoms with Crippen LogP contribution in [0.3, 0.4) is 0 Å². The molecule has 0 saturated heterocycles. The zero-order valence-electron chi connectivity index (χ0n) is 40.9. The summed E-state index contributed by atoms with van der Waals surface area (Å²) in [4.78, 5) is 70.5. The minimum Gasteiger partial charge on any atom is -0.462 e. The number of carbonyl (C=O) groups is 3. The van der Waals surface area contributed by atoms with E-state index in [0.29, 0.717) is 12.8 Å². The molecule has 1 aliphatic heterocycles. The molecule has 19 nitrogen and oxygen atoms in total. The van der Waals surface area contributed by atoms with Crippen LogP contribution >= 0.6 is 15.6 Å². The molecule has 0 amide bonds. The molecule has 2 aliphatic rings. The third kappa shape index (κ3) is 26.8. The van der Waals surface area contributed by atoms with Gasteiger partial charge in [0.15, 0.2) is 6.10 Å². The summed E-state index contributed by atoms with van der Waals surface area (Å²) in [6.07, 6.45) is 10.6. The summed E-state index contributed by atoms with van der Waals surface area (Å²) in [5, 5.41) is 67.9. The zero-order valence-corrected chi connectivity index (χ0v) is 42.7. The van der Waals surface area contributed by atoms with Crippen molar-refractivity contribution in [3.8, 4) is 0 Å². The lowest BCUT2D eigenvalue weighted by Crippen LogP contribution is -2.56. The van der Waals surface area contributed by atoms with Gasteiger partial charge in [-0.05, 0) is 70.6 Å². The van der Waals surface area contributed by atoms with Gasteiger partial charge in [0.2, 0.25) is 0 Å². The van der Waals surface area contributed by atoms with Crippen molar-refractivity contribution in [1.29, 1.82) is 0 Å². The van der Waals surface area contributed by atoms with Crippen LogP contribution in [0.4, 0.5) is 0 Å². The quantitative estimate of drug-likeness (QED) is 0.0206. The van der Waals surface area contributed by atoms with Crippen LogP contribution in [0.1, 0.15) is 149 Å². The molecule has 1 saturated carbocycles. The molecule has 1 heterocycles. The first-order valence-corrected chi connectivity index (χ1v) is 28.0. The average Bonchev–Trinajstić information content (AvgIpc) is 3.30. The van der Waals surface area contributed by atoms with Crippen LogP contribution in [0, 0.1) is 11.8 Å². The van der Waals surface area contributed by atoms with E-state index in [4.69, 9.17) is 23.0 Å². The number of ketones is 1. The molecular weight excluding hydrogens is 954 g/mol. The molecule has 12 atom stereocenters. The third-order valence-corrected chi connectivity index (χ3v) is 13.4. The highest BCUT2D eigenvalue weighted by molar-refractivity contribution is 7.47. The molecule has 70 heavy (non-hydrogen) atoms. The molecule has 1 aliphatic carbocycles. The largest absolute Gasteiger partial charge is 0.472 e. The van der Waals surface area contributed by atoms with Crippen LogP contribution in [0.25, 0.3) is 0 Å². The average molecular weight is 1040 g/mol. The summed E-state index contributed by atoms with van der Waals surface area (Å²) in [5.41, 5.74) is 0. The molecule has 0 aromatic rings. The Labute approximate surface area is 413 Å². The third-order valence-electron chi connectivity index (χ3n) is 11.9. The number of unbranched alkanes of at least 4 members (excludes halogenated alkanes) is 9. The van der Waals surface area contributed by atoms with Crippen LogP contribution in [0.15, 0.2) is 60.8 Å². The van der Waals surface area contributed by atoms with E-state index in [2.05, 4.69) is 43.4 Å². The fourth-order valence-electron chi connectivity index (χ4n) is 7.91. The number of hydrogen-bond acceptors (Lipinski definition) is 16. The van der Waals surface area contributed by atoms with Crippen LogP contribution in [0.5, 0.6) is 0 Å². The minimum absolute atomic E-state index is 0.0224. The maximum atomic E-state index is 13.9. The molecule has 1 unspecified atom stereocenters. The molecule has 2 rings (SSSR count). The lowest BCUT2D eigenvalue weighted by molar-refractivity contribution is -0.165. The van der Waals surface area contributed by atoms with Gasteiger partial charge in [-0.15, -0.1) is 0 Å². The predicted octanol–water partition coefficient (Wildman–Crippen LogP) is 6.43. The highest BCUT2D eigenvalue weighted by atomic mass is 31.2. The Morgan fingerprint density at radius 3 is 2.13 bits per heavy atom. The normalized spacial score (nSPS) is 30.4. The molecule has 0 spiro atoms. The molecule has 9 N–H and O–H groups in total. The molecular formula is C49H82O19P2. The van der Waals surface area contributed by atoms with Gasteiger partial charge in [0.25, 0.3) is 0 Å². The smallest absolute Gasteiger partial charge is 0.462 e. The van der Waals surface area contributed by atoms with E-state index in [1.54, 1.807) is 6.08 Å². The van der Waals surface area contributed by atoms with E-state index < -0.39 is 120 Å². The van der Waals surface area contributed by atoms with Crippen LogP contribution in [0.2, 0.25) is 0 Å². The van der Waals surface area contributed by atoms with E-state index in [-0.39, 0.29) is 38.5 Å². The van der Waals surface area contributed by atoms with Gasteiger partial charge in [0, 0.05) is 25.2 Å². The van der Waals surface area contributed by atoms with E-state index in [0.717, 1.165) is 69.9 Å². The number of carbonyl (C=O) groups excluding carboxylic acids is 3. The molecule has 0 radical (unpaired) electrons. The summed E-state index contributed by atoms with van der Waals surface area (Å²) in [7, 11) is -11.5. The number of aliphatic hydroxyl groups is 6. The van der Waals surface area contributed by atoms with Crippen LogP contribution < -0.4 is 0 Å². The van der Waals surface area contributed by atoms with Crippen molar-refractivity contribution < 1.29 is 91.9 Å². The number of rotatable bonds is 25. The zero-order chi connectivity index (χ0) is 52.0. The van der Waals surface area contributed by atoms with E-state index >= 15 is 0 Å². The number of ether oxygens (including phenoxy) is 2. The maximum Gasteiger partial charge on any atom is 0.472 e. The number of Topliss-reactive ketones (excluding diaryl/α,β-unsaturated/α-hetero) is 1. The van der Waals surface area contributed by atoms with Crippen molar-refractivity contribution in [2.45, 2.75) is 204 Å². The van der Waals surface area contributed by atoms with Gasteiger partial charge in [-0.3, -0.25) is 28.0 Å². The van der Waals surface area contributed by atoms with Gasteiger partial charge < -0.3 is 54.8 Å². The number of phosphoric ester groups is 2. The lowest BCUT2D eigenvalue weighted by Gasteiger charge is -2.38. The first-order valence-electron chi connectivity index (χ1n) is 24.9. The van der Waals surface area contributed by atoms with Crippen LogP contribution in [-0.4, -0.2) is 131 Å². The van der Waals surface area contributed by atoms with E-state index in [1.807, 2.05) is 6.92 Å². The molecule has 2 bridgehead atoms. The molecule has 0 aromatic carbocycles. The second kappa shape index (κ2) is 35.4. The molecule has 402 valence electrons. The van der Waals surface area contributed by atoms with Gasteiger partial charge in [-0.2, -0.15) is 0 Å². The monoisotopic (exact) mass is 1040 g/mol. The standard InChI is InChI=1S/C49H82O19P2/c1-3-5-7-8-9-10-11-12-13-14-15-16-17-18-19-20-25-29-42(53)64-34-37-35-65-70(62,63)68-49-47(58)46(57)44(55)38(28-24-21-22-26-30-43(54)66-37)40(51)33-41(52)39(32-31-36(50)27-23-6-4-2)45(56)48(49)67-69(59,60)61/h9-10,12-13,15-16,21,24,31-32,36-40,44-51,55-58H,3-8,11,14,17-20,22-23,25-30,33-35H2,1-2H3,(H,62,63)(H2,59,60,61)/b10-9-,13-12-,16-15-,24-21-,32-31+/t36-,37+,38-,39-,40-,44+,45+,46-,47+,48+,49-/m0/s1. The summed E-state index contributed by atoms with van der Waals surface area (Å²) in [6.45, 7) is 2.49. The van der Waals surface area contributed by atoms with Gasteiger partial charge in [0.05, 0.1) is 36.9 Å². The van der Waals surface area contributed by atoms with Crippen LogP contribution in [-0.2, 0) is 46.6 Å². The number of allylic oxidation sites excluding steroid dienone is 8. The number of esters is 2. The number of cyclic esters (lactones) is 1. The lowest BCUT2D eigenvalue weighted by atomic mass is 9.83. The van der Waals surface area contributed by atoms with E-state index in [9.17, 15) is 68.8 Å². The fraction of sp³-hybridized carbons (Fsp3) is 0.735. The van der Waals surface area contributed by atoms with E-state index in [1.165, 1.54) is 25.3 Å². The summed E-state index contributed by atoms with van der Waals surface area (Å²) >= 11 is 0. The van der Waals surface area contributed by atoms with Gasteiger partial charge in [0.1, 0.15) is 36.8 Å². The first kappa shape index (κ1) is 63.4. The highest BCUT2D eigenvalue weighted by Crippen LogP contribution is 2.49. The van der Waals surface area contributed by atoms with Gasteiger partial charge in [-0.25, -0.2) is 9.13 Å². The maximum absolute atomic E-state index is 13.9. The Balaban J connectivity index is 2.27. The SMILES string of the molecule is CCCCC/C=C\C/C=C\C/C=C\CCCCCCC(=O)OC[C@@H]1COP(=O)(O)O[C@H]2[C@H](O)[C@@H](O)[C@H](O)[C@@H](C/C=C\CCCC(=O)O1)[C@@H](O)CC(=O)[C@H](/C=C/[C@@H](O)CCCCC)[C@@H](O)[C@H]2OP(=O)(O)O. The van der Waals surface area contributed by atoms with Crippen molar-refractivity contribution in [3.05, 3.63) is 60.8 Å². The van der Waals surface area contributed by atoms with Crippen molar-refractivity contribution in [3.63, 3.8) is 0 Å². The Hall–Kier alpha value is -2.71. The Bertz CT molecular complexity index is 1750. The topological polar surface area (TPSA) is 314 Å². The first-order chi connectivity index (χ1) is 33.3. The second-order valence-electron chi connectivity index (χ2n) is 18.0. The summed E-state index contributed by atoms with van der Waals surface area (Å²) in [6, 6.07) is 0. The van der Waals surface area contributed by atoms with Crippen molar-refractivity contribution in [1.82, 2.24) is 0 Å². The minimum atomic E-state index is -5.80. The number of aliphatic hydroxyl groups excluding tert-OH is 6. The van der Waals surface area contributed by atoms with Gasteiger partial charge in [-0.1, -0.05) is 120 Å². The summed E-state index contributed by atoms with van der Waals surface area (Å²) < 4.78 is 52.0. The Morgan fingerprint density at radius 2 is 1.47 bits per heavy atom. The number of fused-ring (bicyclic) bond motifs is 4. The highest BCUT2D eigenvalue weighted by Gasteiger charge is 2.51. The summed E-state index contributed by atoms with van der Waals surface area (Å²) in [5.74, 6) is -5.82. The Kier molecular flexibility index (Phi) is 32.1. The molecule has 1 fully saturated rings. The Morgan fingerprint density at radius 1 is 0.843 bits per heavy atom. The van der Waals surface area contributed by atoms with Crippen molar-refractivity contribution in [2.24, 2.45) is 11.8 Å². The predicted molar refractivity (Wildman–Crippen MR) is 260 cm³/mol. The fourth-order valence-corrected chi connectivity index (χ4v) is 9.44. The molecule has 0 aromatic heterocycles. The molecule has 21 heteroatoms. The number of hydrogen-bond donors (Lipinski definition) is 9. The van der Waals surface area contributed by atoms with Gasteiger partial charge >= 0.3 is 27.6 Å². The number of phosphoric acid groups is 2.